The van der Waals surface area contributed by atoms with Crippen molar-refractivity contribution in [3.63, 3.8) is 0 Å². The molecule has 0 bridgehead atoms. The summed E-state index contributed by atoms with van der Waals surface area (Å²) >= 11 is 0. The maximum Gasteiger partial charge on any atom is 0.227 e. The second-order valence-electron chi connectivity index (χ2n) is 8.23. The van der Waals surface area contributed by atoms with Gasteiger partial charge in [0.25, 0.3) is 0 Å². The molecule has 1 amide bonds. The first-order valence-electron chi connectivity index (χ1n) is 10.8. The molecule has 7 heteroatoms. The molecular formula is C23H39IN4O2. The van der Waals surface area contributed by atoms with E-state index in [-0.39, 0.29) is 35.8 Å². The number of anilines is 1. The minimum absolute atomic E-state index is 0. The number of aliphatic imine (C=N–C) groups is 1. The number of carbonyl (C=O) groups is 1. The van der Waals surface area contributed by atoms with Crippen molar-refractivity contribution in [2.24, 2.45) is 16.3 Å². The quantitative estimate of drug-likeness (QED) is 0.236. The van der Waals surface area contributed by atoms with Gasteiger partial charge >= 0.3 is 0 Å². The van der Waals surface area contributed by atoms with E-state index in [2.05, 4.69) is 27.0 Å². The highest BCUT2D eigenvalue weighted by Gasteiger charge is 2.33. The van der Waals surface area contributed by atoms with Crippen molar-refractivity contribution in [1.29, 1.82) is 0 Å². The van der Waals surface area contributed by atoms with Crippen molar-refractivity contribution in [3.05, 3.63) is 29.8 Å². The number of carbonyl (C=O) groups excluding carboxylic acids is 1. The molecule has 1 atom stereocenters. The van der Waals surface area contributed by atoms with Crippen LogP contribution in [0.3, 0.4) is 0 Å². The van der Waals surface area contributed by atoms with E-state index < -0.39 is 0 Å². The molecule has 0 aliphatic heterocycles. The fourth-order valence-electron chi connectivity index (χ4n) is 3.85. The van der Waals surface area contributed by atoms with Crippen LogP contribution in [0, 0.1) is 11.3 Å². The highest BCUT2D eigenvalue weighted by atomic mass is 127. The molecule has 30 heavy (non-hydrogen) atoms. The predicted octanol–water partition coefficient (Wildman–Crippen LogP) is 4.55. The van der Waals surface area contributed by atoms with E-state index in [1.807, 2.05) is 32.0 Å². The van der Waals surface area contributed by atoms with Crippen LogP contribution in [0.25, 0.3) is 0 Å². The predicted molar refractivity (Wildman–Crippen MR) is 136 cm³/mol. The van der Waals surface area contributed by atoms with E-state index >= 15 is 0 Å². The van der Waals surface area contributed by atoms with Crippen LogP contribution in [0.5, 0.6) is 0 Å². The topological polar surface area (TPSA) is 74.8 Å². The SMILES string of the molecule is CCC(C)C(=O)Nc1cccc(CNC(=NC)NCC2(CCOC)CCCC2)c1.I. The lowest BCUT2D eigenvalue weighted by Crippen LogP contribution is -2.43. The molecule has 0 radical (unpaired) electrons. The third-order valence-corrected chi connectivity index (χ3v) is 6.07. The number of methoxy groups -OCH3 is 1. The molecule has 1 aromatic carbocycles. The maximum atomic E-state index is 12.1. The van der Waals surface area contributed by atoms with Crippen molar-refractivity contribution >= 4 is 41.5 Å². The first kappa shape index (κ1) is 26.7. The Morgan fingerprint density at radius 2 is 2.00 bits per heavy atom. The minimum atomic E-state index is 0. The average molecular weight is 530 g/mol. The van der Waals surface area contributed by atoms with Gasteiger partial charge in [0.15, 0.2) is 5.96 Å². The molecule has 1 unspecified atom stereocenters. The summed E-state index contributed by atoms with van der Waals surface area (Å²) in [4.78, 5) is 16.5. The number of benzene rings is 1. The number of amides is 1. The largest absolute Gasteiger partial charge is 0.385 e. The van der Waals surface area contributed by atoms with Crippen molar-refractivity contribution in [2.75, 3.05) is 32.6 Å². The van der Waals surface area contributed by atoms with E-state index in [9.17, 15) is 4.79 Å². The second kappa shape index (κ2) is 13.9. The lowest BCUT2D eigenvalue weighted by molar-refractivity contribution is -0.119. The summed E-state index contributed by atoms with van der Waals surface area (Å²) in [7, 11) is 3.57. The molecule has 0 heterocycles. The number of nitrogens with one attached hydrogen (secondary N) is 3. The molecule has 0 saturated heterocycles. The number of hydrogen-bond donors (Lipinski definition) is 3. The van der Waals surface area contributed by atoms with Gasteiger partial charge < -0.3 is 20.7 Å². The van der Waals surface area contributed by atoms with E-state index in [4.69, 9.17) is 4.74 Å². The third kappa shape index (κ3) is 8.41. The Kier molecular flexibility index (Phi) is 12.3. The molecular weight excluding hydrogens is 491 g/mol. The van der Waals surface area contributed by atoms with Gasteiger partial charge in [-0.15, -0.1) is 24.0 Å². The van der Waals surface area contributed by atoms with Crippen molar-refractivity contribution < 1.29 is 9.53 Å². The van der Waals surface area contributed by atoms with Crippen LogP contribution < -0.4 is 16.0 Å². The van der Waals surface area contributed by atoms with Crippen LogP contribution in [0.15, 0.2) is 29.3 Å². The first-order valence-corrected chi connectivity index (χ1v) is 10.8. The Morgan fingerprint density at radius 1 is 1.27 bits per heavy atom. The number of hydrogen-bond acceptors (Lipinski definition) is 3. The van der Waals surface area contributed by atoms with Crippen molar-refractivity contribution in [3.8, 4) is 0 Å². The lowest BCUT2D eigenvalue weighted by Gasteiger charge is -2.30. The smallest absolute Gasteiger partial charge is 0.227 e. The van der Waals surface area contributed by atoms with Crippen LogP contribution in [0.1, 0.15) is 57.9 Å². The van der Waals surface area contributed by atoms with Gasteiger partial charge in [-0.25, -0.2) is 0 Å². The molecule has 1 aliphatic rings. The number of ether oxygens (including phenoxy) is 1. The molecule has 3 N–H and O–H groups in total. The van der Waals surface area contributed by atoms with Gasteiger partial charge in [-0.1, -0.05) is 38.8 Å². The molecule has 170 valence electrons. The number of nitrogens with zero attached hydrogens (tertiary/aromatic N) is 1. The van der Waals surface area contributed by atoms with Gasteiger partial charge in [-0.3, -0.25) is 9.79 Å². The lowest BCUT2D eigenvalue weighted by atomic mass is 9.83. The highest BCUT2D eigenvalue weighted by Crippen LogP contribution is 2.40. The molecule has 1 aliphatic carbocycles. The van der Waals surface area contributed by atoms with Crippen LogP contribution in [-0.2, 0) is 16.1 Å². The zero-order valence-electron chi connectivity index (χ0n) is 18.9. The monoisotopic (exact) mass is 530 g/mol. The number of rotatable bonds is 10. The molecule has 0 spiro atoms. The van der Waals surface area contributed by atoms with Crippen LogP contribution in [0.2, 0.25) is 0 Å². The third-order valence-electron chi connectivity index (χ3n) is 6.07. The summed E-state index contributed by atoms with van der Waals surface area (Å²) in [6, 6.07) is 7.96. The van der Waals surface area contributed by atoms with Crippen LogP contribution >= 0.6 is 24.0 Å². The maximum absolute atomic E-state index is 12.1. The van der Waals surface area contributed by atoms with E-state index in [1.165, 1.54) is 25.7 Å². The van der Waals surface area contributed by atoms with Gasteiger partial charge in [0, 0.05) is 45.5 Å². The van der Waals surface area contributed by atoms with Crippen molar-refractivity contribution in [2.45, 2.75) is 58.9 Å². The van der Waals surface area contributed by atoms with E-state index in [0.29, 0.717) is 12.0 Å². The van der Waals surface area contributed by atoms with Gasteiger partial charge in [0.2, 0.25) is 5.91 Å². The zero-order chi connectivity index (χ0) is 21.1. The van der Waals surface area contributed by atoms with E-state index in [1.54, 1.807) is 14.2 Å². The summed E-state index contributed by atoms with van der Waals surface area (Å²) in [6.07, 6.45) is 7.02. The van der Waals surface area contributed by atoms with Gasteiger partial charge in [-0.2, -0.15) is 0 Å². The molecule has 1 saturated carbocycles. The Labute approximate surface area is 199 Å². The summed E-state index contributed by atoms with van der Waals surface area (Å²) in [6.45, 7) is 6.34. The standard InChI is InChI=1S/C23H38N4O2.HI/c1-5-18(2)21(28)27-20-10-8-9-19(15-20)16-25-22(24-3)26-17-23(13-14-29-4)11-6-7-12-23;/h8-10,15,18H,5-7,11-14,16-17H2,1-4H3,(H,27,28)(H2,24,25,26);1H. The Balaban J connectivity index is 0.00000450. The molecule has 1 aromatic rings. The van der Waals surface area contributed by atoms with Gasteiger partial charge in [-0.05, 0) is 48.8 Å². The van der Waals surface area contributed by atoms with E-state index in [0.717, 1.165) is 43.2 Å². The minimum Gasteiger partial charge on any atom is -0.385 e. The first-order chi connectivity index (χ1) is 14.0. The van der Waals surface area contributed by atoms with Gasteiger partial charge in [0.1, 0.15) is 0 Å². The van der Waals surface area contributed by atoms with Crippen molar-refractivity contribution in [1.82, 2.24) is 10.6 Å². The average Bonchev–Trinajstić information content (AvgIpc) is 3.21. The van der Waals surface area contributed by atoms with Gasteiger partial charge in [0.05, 0.1) is 0 Å². The fourth-order valence-corrected chi connectivity index (χ4v) is 3.85. The van der Waals surface area contributed by atoms with Crippen LogP contribution in [-0.4, -0.2) is 39.2 Å². The molecule has 2 rings (SSSR count). The zero-order valence-corrected chi connectivity index (χ0v) is 21.3. The Morgan fingerprint density at radius 3 is 2.63 bits per heavy atom. The summed E-state index contributed by atoms with van der Waals surface area (Å²) < 4.78 is 5.32. The normalized spacial score (nSPS) is 16.5. The van der Waals surface area contributed by atoms with Crippen LogP contribution in [0.4, 0.5) is 5.69 Å². The highest BCUT2D eigenvalue weighted by molar-refractivity contribution is 14.0. The second-order valence-corrected chi connectivity index (χ2v) is 8.23. The molecule has 6 nitrogen and oxygen atoms in total. The summed E-state index contributed by atoms with van der Waals surface area (Å²) in [5.41, 5.74) is 2.25. The Hall–Kier alpha value is -1.35. The number of guanidine groups is 1. The fraction of sp³-hybridized carbons (Fsp3) is 0.652. The Bertz CT molecular complexity index is 675. The molecule has 0 aromatic heterocycles. The number of halogens is 1. The summed E-state index contributed by atoms with van der Waals surface area (Å²) in [5, 5.41) is 9.90. The summed E-state index contributed by atoms with van der Waals surface area (Å²) in [5.74, 6) is 0.886. The molecule has 1 fully saturated rings.